The largest absolute Gasteiger partial charge is 0.369 e. The van der Waals surface area contributed by atoms with Crippen LogP contribution in [0.4, 0.5) is 5.69 Å². The van der Waals surface area contributed by atoms with Crippen LogP contribution in [0.15, 0.2) is 22.7 Å². The first kappa shape index (κ1) is 15.8. The zero-order chi connectivity index (χ0) is 14.7. The Hall–Kier alpha value is -0.540. The van der Waals surface area contributed by atoms with Crippen LogP contribution in [0, 0.1) is 5.92 Å². The normalized spacial score (nSPS) is 23.4. The molecule has 20 heavy (non-hydrogen) atoms. The second-order valence-electron chi connectivity index (χ2n) is 6.50. The molecule has 0 bridgehead atoms. The number of piperidine rings is 1. The Bertz CT molecular complexity index is 445. The van der Waals surface area contributed by atoms with E-state index in [2.05, 4.69) is 72.0 Å². The monoisotopic (exact) mass is 338 g/mol. The minimum Gasteiger partial charge on any atom is -0.369 e. The van der Waals surface area contributed by atoms with Crippen LogP contribution in [-0.2, 0) is 6.54 Å². The van der Waals surface area contributed by atoms with Gasteiger partial charge in [0.1, 0.15) is 0 Å². The van der Waals surface area contributed by atoms with Crippen LogP contribution in [-0.4, -0.2) is 18.6 Å². The highest BCUT2D eigenvalue weighted by molar-refractivity contribution is 9.10. The van der Waals surface area contributed by atoms with E-state index in [-0.39, 0.29) is 0 Å². The number of nitrogens with one attached hydrogen (secondary N) is 1. The molecule has 1 N–H and O–H groups in total. The van der Waals surface area contributed by atoms with E-state index < -0.39 is 0 Å². The van der Waals surface area contributed by atoms with E-state index >= 15 is 0 Å². The number of hydrogen-bond donors (Lipinski definition) is 1. The summed E-state index contributed by atoms with van der Waals surface area (Å²) >= 11 is 3.73. The minimum absolute atomic E-state index is 0.518. The molecule has 2 nitrogen and oxygen atoms in total. The molecule has 0 aliphatic carbocycles. The molecule has 1 saturated heterocycles. The molecule has 0 amide bonds. The molecular weight excluding hydrogens is 312 g/mol. The Morgan fingerprint density at radius 2 is 2.05 bits per heavy atom. The van der Waals surface area contributed by atoms with E-state index in [0.717, 1.165) is 12.5 Å². The maximum atomic E-state index is 3.73. The predicted octanol–water partition coefficient (Wildman–Crippen LogP) is 4.57. The highest BCUT2D eigenvalue weighted by Crippen LogP contribution is 2.30. The molecule has 2 unspecified atom stereocenters. The number of nitrogens with zero attached hydrogens (tertiary/aromatic N) is 1. The molecule has 3 heteroatoms. The maximum Gasteiger partial charge on any atom is 0.0380 e. The van der Waals surface area contributed by atoms with Crippen molar-refractivity contribution in [2.45, 2.75) is 59.2 Å². The summed E-state index contributed by atoms with van der Waals surface area (Å²) < 4.78 is 1.22. The van der Waals surface area contributed by atoms with Crippen molar-refractivity contribution in [2.75, 3.05) is 11.4 Å². The van der Waals surface area contributed by atoms with Crippen molar-refractivity contribution in [3.63, 3.8) is 0 Å². The van der Waals surface area contributed by atoms with E-state index in [1.807, 2.05) is 0 Å². The van der Waals surface area contributed by atoms with Gasteiger partial charge in [0.25, 0.3) is 0 Å². The molecule has 0 spiro atoms. The second-order valence-corrected chi connectivity index (χ2v) is 7.35. The van der Waals surface area contributed by atoms with Gasteiger partial charge in [-0.25, -0.2) is 0 Å². The highest BCUT2D eigenvalue weighted by atomic mass is 79.9. The fourth-order valence-corrected chi connectivity index (χ4v) is 3.33. The molecule has 1 aliphatic heterocycles. The van der Waals surface area contributed by atoms with E-state index in [4.69, 9.17) is 0 Å². The van der Waals surface area contributed by atoms with Crippen molar-refractivity contribution < 1.29 is 0 Å². The summed E-state index contributed by atoms with van der Waals surface area (Å²) in [5.41, 5.74) is 2.68. The van der Waals surface area contributed by atoms with Gasteiger partial charge in [-0.05, 0) is 43.4 Å². The first-order valence-electron chi connectivity index (χ1n) is 7.75. The Labute approximate surface area is 132 Å². The SMILES string of the molecule is CC1CCC(C)N(c2ccc(CNC(C)C)c(Br)c2)C1. The van der Waals surface area contributed by atoms with Crippen LogP contribution < -0.4 is 10.2 Å². The van der Waals surface area contributed by atoms with Crippen molar-refractivity contribution in [1.29, 1.82) is 0 Å². The van der Waals surface area contributed by atoms with Gasteiger partial charge < -0.3 is 10.2 Å². The Kier molecular flexibility index (Phi) is 5.50. The van der Waals surface area contributed by atoms with E-state index in [1.165, 1.54) is 35.1 Å². The number of benzene rings is 1. The fourth-order valence-electron chi connectivity index (χ4n) is 2.82. The van der Waals surface area contributed by atoms with Crippen LogP contribution in [0.1, 0.15) is 46.1 Å². The molecule has 112 valence electrons. The van der Waals surface area contributed by atoms with E-state index in [1.54, 1.807) is 0 Å². The lowest BCUT2D eigenvalue weighted by Gasteiger charge is -2.38. The summed E-state index contributed by atoms with van der Waals surface area (Å²) in [6.45, 7) is 11.2. The summed E-state index contributed by atoms with van der Waals surface area (Å²) in [6.07, 6.45) is 2.66. The zero-order valence-electron chi connectivity index (χ0n) is 13.1. The molecular formula is C17H27BrN2. The molecule has 2 atom stereocenters. The first-order valence-corrected chi connectivity index (χ1v) is 8.55. The van der Waals surface area contributed by atoms with Gasteiger partial charge in [-0.15, -0.1) is 0 Å². The van der Waals surface area contributed by atoms with Gasteiger partial charge >= 0.3 is 0 Å². The molecule has 1 fully saturated rings. The Balaban J connectivity index is 2.11. The molecule has 2 rings (SSSR count). The third kappa shape index (κ3) is 3.98. The molecule has 1 aromatic carbocycles. The minimum atomic E-state index is 0.518. The molecule has 1 heterocycles. The summed E-state index contributed by atoms with van der Waals surface area (Å²) in [5, 5.41) is 3.47. The fraction of sp³-hybridized carbons (Fsp3) is 0.647. The standard InChI is InChI=1S/C17H27BrN2/c1-12(2)19-10-15-7-8-16(9-17(15)18)20-11-13(3)5-6-14(20)4/h7-9,12-14,19H,5-6,10-11H2,1-4H3. The number of halogens is 1. The van der Waals surface area contributed by atoms with Crippen molar-refractivity contribution in [3.05, 3.63) is 28.2 Å². The van der Waals surface area contributed by atoms with Gasteiger partial charge in [0, 0.05) is 35.3 Å². The number of anilines is 1. The van der Waals surface area contributed by atoms with Gasteiger partial charge in [0.15, 0.2) is 0 Å². The number of rotatable bonds is 4. The lowest BCUT2D eigenvalue weighted by atomic mass is 9.94. The van der Waals surface area contributed by atoms with Crippen LogP contribution in [0.2, 0.25) is 0 Å². The lowest BCUT2D eigenvalue weighted by Crippen LogP contribution is -2.41. The van der Waals surface area contributed by atoms with E-state index in [0.29, 0.717) is 12.1 Å². The van der Waals surface area contributed by atoms with Crippen molar-refractivity contribution in [3.8, 4) is 0 Å². The van der Waals surface area contributed by atoms with Crippen LogP contribution >= 0.6 is 15.9 Å². The van der Waals surface area contributed by atoms with Gasteiger partial charge in [-0.1, -0.05) is 42.8 Å². The van der Waals surface area contributed by atoms with Crippen LogP contribution in [0.25, 0.3) is 0 Å². The quantitative estimate of drug-likeness (QED) is 0.864. The smallest absolute Gasteiger partial charge is 0.0380 e. The van der Waals surface area contributed by atoms with Crippen molar-refractivity contribution in [2.24, 2.45) is 5.92 Å². The van der Waals surface area contributed by atoms with Crippen LogP contribution in [0.3, 0.4) is 0 Å². The van der Waals surface area contributed by atoms with Crippen LogP contribution in [0.5, 0.6) is 0 Å². The summed E-state index contributed by atoms with van der Waals surface area (Å²) in [4.78, 5) is 2.55. The van der Waals surface area contributed by atoms with Gasteiger partial charge in [0.2, 0.25) is 0 Å². The number of hydrogen-bond acceptors (Lipinski definition) is 2. The lowest BCUT2D eigenvalue weighted by molar-refractivity contribution is 0.390. The first-order chi connectivity index (χ1) is 9.47. The molecule has 1 aromatic rings. The molecule has 0 aromatic heterocycles. The summed E-state index contributed by atoms with van der Waals surface area (Å²) in [6, 6.07) is 7.98. The van der Waals surface area contributed by atoms with Crippen molar-refractivity contribution in [1.82, 2.24) is 5.32 Å². The molecule has 0 radical (unpaired) electrons. The van der Waals surface area contributed by atoms with Gasteiger partial charge in [-0.3, -0.25) is 0 Å². The second kappa shape index (κ2) is 6.95. The molecule has 1 aliphatic rings. The third-order valence-electron chi connectivity index (χ3n) is 4.19. The summed E-state index contributed by atoms with van der Waals surface area (Å²) in [7, 11) is 0. The topological polar surface area (TPSA) is 15.3 Å². The molecule has 0 saturated carbocycles. The average molecular weight is 339 g/mol. The summed E-state index contributed by atoms with van der Waals surface area (Å²) in [5.74, 6) is 0.798. The highest BCUT2D eigenvalue weighted by Gasteiger charge is 2.23. The maximum absolute atomic E-state index is 3.73. The van der Waals surface area contributed by atoms with Gasteiger partial charge in [0.05, 0.1) is 0 Å². The Morgan fingerprint density at radius 1 is 1.30 bits per heavy atom. The zero-order valence-corrected chi connectivity index (χ0v) is 14.7. The van der Waals surface area contributed by atoms with Gasteiger partial charge in [-0.2, -0.15) is 0 Å². The Morgan fingerprint density at radius 3 is 2.70 bits per heavy atom. The van der Waals surface area contributed by atoms with Crippen molar-refractivity contribution >= 4 is 21.6 Å². The average Bonchev–Trinajstić information content (AvgIpc) is 2.40. The predicted molar refractivity (Wildman–Crippen MR) is 91.3 cm³/mol. The third-order valence-corrected chi connectivity index (χ3v) is 4.92. The van der Waals surface area contributed by atoms with E-state index in [9.17, 15) is 0 Å².